The van der Waals surface area contributed by atoms with Gasteiger partial charge >= 0.3 is 0 Å². The standard InChI is InChI=1S/C23H29N3O3S.ClH/c1-16(2)29-18-12-10-17(11-13-18)22(27)26(15-7-14-25(3)4)23-24-21-19(28-5)8-6-9-20(21)30-23;/h6,8-13,16H,7,14-15H2,1-5H3;1H. The van der Waals surface area contributed by atoms with E-state index in [-0.39, 0.29) is 24.4 Å². The molecule has 0 aliphatic heterocycles. The predicted octanol–water partition coefficient (Wildman–Crippen LogP) is 5.11. The number of methoxy groups -OCH3 is 1. The van der Waals surface area contributed by atoms with Gasteiger partial charge in [-0.1, -0.05) is 17.4 Å². The summed E-state index contributed by atoms with van der Waals surface area (Å²) in [5, 5.41) is 0.681. The van der Waals surface area contributed by atoms with Crippen LogP contribution >= 0.6 is 23.7 Å². The number of benzene rings is 2. The monoisotopic (exact) mass is 463 g/mol. The summed E-state index contributed by atoms with van der Waals surface area (Å²) >= 11 is 1.50. The van der Waals surface area contributed by atoms with Crippen LogP contribution in [0.3, 0.4) is 0 Å². The molecule has 0 fully saturated rings. The number of hydrogen-bond acceptors (Lipinski definition) is 6. The largest absolute Gasteiger partial charge is 0.494 e. The highest BCUT2D eigenvalue weighted by Crippen LogP contribution is 2.34. The maximum absolute atomic E-state index is 13.4. The van der Waals surface area contributed by atoms with Gasteiger partial charge in [0.2, 0.25) is 0 Å². The van der Waals surface area contributed by atoms with E-state index in [4.69, 9.17) is 14.5 Å². The van der Waals surface area contributed by atoms with Gasteiger partial charge in [-0.05, 0) is 77.3 Å². The van der Waals surface area contributed by atoms with E-state index in [0.29, 0.717) is 23.0 Å². The lowest BCUT2D eigenvalue weighted by Crippen LogP contribution is -2.33. The molecule has 2 aromatic carbocycles. The van der Waals surface area contributed by atoms with Crippen LogP contribution in [0.15, 0.2) is 42.5 Å². The SMILES string of the molecule is COc1cccc2sc(N(CCCN(C)C)C(=O)c3ccc(OC(C)C)cc3)nc12.Cl. The van der Waals surface area contributed by atoms with Gasteiger partial charge in [0.1, 0.15) is 17.0 Å². The third-order valence-electron chi connectivity index (χ3n) is 4.53. The molecular weight excluding hydrogens is 434 g/mol. The van der Waals surface area contributed by atoms with Gasteiger partial charge in [0.15, 0.2) is 5.13 Å². The maximum Gasteiger partial charge on any atom is 0.260 e. The zero-order valence-corrected chi connectivity index (χ0v) is 20.3. The Morgan fingerprint density at radius 2 is 1.81 bits per heavy atom. The highest BCUT2D eigenvalue weighted by Gasteiger charge is 2.22. The number of rotatable bonds is 9. The Kier molecular flexibility index (Phi) is 9.10. The number of carbonyl (C=O) groups is 1. The first-order valence-electron chi connectivity index (χ1n) is 10.1. The number of fused-ring (bicyclic) bond motifs is 1. The second-order valence-electron chi connectivity index (χ2n) is 7.61. The molecule has 3 aromatic rings. The van der Waals surface area contributed by atoms with Crippen LogP contribution in [0.4, 0.5) is 5.13 Å². The molecule has 0 spiro atoms. The normalized spacial score (nSPS) is 10.9. The van der Waals surface area contributed by atoms with Crippen LogP contribution in [0.2, 0.25) is 0 Å². The highest BCUT2D eigenvalue weighted by atomic mass is 35.5. The predicted molar refractivity (Wildman–Crippen MR) is 130 cm³/mol. The van der Waals surface area contributed by atoms with E-state index >= 15 is 0 Å². The molecule has 31 heavy (non-hydrogen) atoms. The second kappa shape index (κ2) is 11.3. The molecule has 1 amide bonds. The lowest BCUT2D eigenvalue weighted by molar-refractivity contribution is 0.0986. The van der Waals surface area contributed by atoms with Crippen molar-refractivity contribution in [2.45, 2.75) is 26.4 Å². The van der Waals surface area contributed by atoms with Crippen molar-refractivity contribution in [1.82, 2.24) is 9.88 Å². The number of amides is 1. The molecule has 0 N–H and O–H groups in total. The lowest BCUT2D eigenvalue weighted by Gasteiger charge is -2.21. The molecular formula is C23H30ClN3O3S. The molecule has 0 atom stereocenters. The van der Waals surface area contributed by atoms with E-state index in [1.54, 1.807) is 12.0 Å². The molecule has 0 saturated carbocycles. The van der Waals surface area contributed by atoms with E-state index in [1.165, 1.54) is 11.3 Å². The number of hydrogen-bond donors (Lipinski definition) is 0. The van der Waals surface area contributed by atoms with Crippen LogP contribution in [0.5, 0.6) is 11.5 Å². The summed E-state index contributed by atoms with van der Waals surface area (Å²) in [5.41, 5.74) is 1.40. The lowest BCUT2D eigenvalue weighted by atomic mass is 10.2. The van der Waals surface area contributed by atoms with Gasteiger partial charge < -0.3 is 14.4 Å². The Balaban J connectivity index is 0.00000341. The van der Waals surface area contributed by atoms with Crippen molar-refractivity contribution in [3.05, 3.63) is 48.0 Å². The molecule has 1 heterocycles. The molecule has 0 aliphatic rings. The van der Waals surface area contributed by atoms with Crippen LogP contribution in [0.1, 0.15) is 30.6 Å². The molecule has 0 unspecified atom stereocenters. The Morgan fingerprint density at radius 1 is 1.10 bits per heavy atom. The molecule has 1 aromatic heterocycles. The summed E-state index contributed by atoms with van der Waals surface area (Å²) in [6, 6.07) is 13.1. The van der Waals surface area contributed by atoms with Crippen molar-refractivity contribution in [2.24, 2.45) is 0 Å². The third-order valence-corrected chi connectivity index (χ3v) is 5.57. The Labute approximate surface area is 194 Å². The van der Waals surface area contributed by atoms with Crippen LogP contribution < -0.4 is 14.4 Å². The minimum atomic E-state index is -0.0668. The summed E-state index contributed by atoms with van der Waals surface area (Å²) in [6.07, 6.45) is 0.937. The molecule has 0 radical (unpaired) electrons. The summed E-state index contributed by atoms with van der Waals surface area (Å²) in [5.74, 6) is 1.40. The summed E-state index contributed by atoms with van der Waals surface area (Å²) in [7, 11) is 5.69. The number of nitrogens with zero attached hydrogens (tertiary/aromatic N) is 3. The van der Waals surface area contributed by atoms with E-state index < -0.39 is 0 Å². The third kappa shape index (κ3) is 6.32. The number of anilines is 1. The van der Waals surface area contributed by atoms with Gasteiger partial charge in [-0.15, -0.1) is 12.4 Å². The summed E-state index contributed by atoms with van der Waals surface area (Å²) < 4.78 is 12.1. The molecule has 3 rings (SSSR count). The van der Waals surface area contributed by atoms with Gasteiger partial charge in [-0.3, -0.25) is 9.69 Å². The Hall–Kier alpha value is -2.35. The van der Waals surface area contributed by atoms with Gasteiger partial charge in [-0.25, -0.2) is 4.98 Å². The molecule has 0 aliphatic carbocycles. The van der Waals surface area contributed by atoms with Gasteiger partial charge in [-0.2, -0.15) is 0 Å². The number of aromatic nitrogens is 1. The number of para-hydroxylation sites is 1. The summed E-state index contributed by atoms with van der Waals surface area (Å²) in [4.78, 5) is 22.0. The fourth-order valence-corrected chi connectivity index (χ4v) is 4.13. The number of thiazole rings is 1. The van der Waals surface area contributed by atoms with Gasteiger partial charge in [0.05, 0.1) is 17.9 Å². The van der Waals surface area contributed by atoms with Crippen LogP contribution in [-0.2, 0) is 0 Å². The van der Waals surface area contributed by atoms with Crippen LogP contribution in [-0.4, -0.2) is 56.2 Å². The first kappa shape index (κ1) is 24.9. The number of carbonyl (C=O) groups excluding carboxylic acids is 1. The number of halogens is 1. The molecule has 8 heteroatoms. The molecule has 6 nitrogen and oxygen atoms in total. The highest BCUT2D eigenvalue weighted by molar-refractivity contribution is 7.22. The van der Waals surface area contributed by atoms with Crippen molar-refractivity contribution in [3.63, 3.8) is 0 Å². The average Bonchev–Trinajstić information content (AvgIpc) is 3.14. The van der Waals surface area contributed by atoms with Crippen molar-refractivity contribution in [2.75, 3.05) is 39.2 Å². The quantitative estimate of drug-likeness (QED) is 0.441. The van der Waals surface area contributed by atoms with E-state index in [1.807, 2.05) is 70.4 Å². The molecule has 168 valence electrons. The topological polar surface area (TPSA) is 54.9 Å². The van der Waals surface area contributed by atoms with Crippen LogP contribution in [0, 0.1) is 0 Å². The van der Waals surface area contributed by atoms with Crippen molar-refractivity contribution < 1.29 is 14.3 Å². The first-order chi connectivity index (χ1) is 14.4. The van der Waals surface area contributed by atoms with Gasteiger partial charge in [0.25, 0.3) is 5.91 Å². The van der Waals surface area contributed by atoms with E-state index in [2.05, 4.69) is 4.90 Å². The fraction of sp³-hybridized carbons (Fsp3) is 0.391. The smallest absolute Gasteiger partial charge is 0.260 e. The minimum absolute atomic E-state index is 0. The molecule has 0 bridgehead atoms. The fourth-order valence-electron chi connectivity index (χ4n) is 3.12. The van der Waals surface area contributed by atoms with E-state index in [9.17, 15) is 4.79 Å². The summed E-state index contributed by atoms with van der Waals surface area (Å²) in [6.45, 7) is 5.43. The first-order valence-corrected chi connectivity index (χ1v) is 10.9. The Bertz CT molecular complexity index is 989. The van der Waals surface area contributed by atoms with Crippen molar-refractivity contribution in [3.8, 4) is 11.5 Å². The van der Waals surface area contributed by atoms with Gasteiger partial charge in [0, 0.05) is 12.1 Å². The number of ether oxygens (including phenoxy) is 2. The van der Waals surface area contributed by atoms with E-state index in [0.717, 1.165) is 28.9 Å². The zero-order valence-electron chi connectivity index (χ0n) is 18.6. The average molecular weight is 464 g/mol. The second-order valence-corrected chi connectivity index (χ2v) is 8.62. The maximum atomic E-state index is 13.4. The molecule has 0 saturated heterocycles. The Morgan fingerprint density at radius 3 is 2.42 bits per heavy atom. The van der Waals surface area contributed by atoms with Crippen molar-refractivity contribution >= 4 is 45.0 Å². The minimum Gasteiger partial charge on any atom is -0.494 e. The zero-order chi connectivity index (χ0) is 21.7. The van der Waals surface area contributed by atoms with Crippen LogP contribution in [0.25, 0.3) is 10.2 Å². The van der Waals surface area contributed by atoms with Crippen molar-refractivity contribution in [1.29, 1.82) is 0 Å².